The second-order valence-electron chi connectivity index (χ2n) is 8.78. The maximum absolute atomic E-state index is 12.6. The first kappa shape index (κ1) is 20.4. The topological polar surface area (TPSA) is 89.6 Å². The van der Waals surface area contributed by atoms with Gasteiger partial charge in [-0.1, -0.05) is 0 Å². The Bertz CT molecular complexity index is 1270. The van der Waals surface area contributed by atoms with Gasteiger partial charge in [0.15, 0.2) is 5.43 Å². The van der Waals surface area contributed by atoms with Gasteiger partial charge in [0.2, 0.25) is 0 Å². The minimum atomic E-state index is -1.21. The molecule has 1 aliphatic heterocycles. The number of nitrogens with zero attached hydrogens (tertiary/aromatic N) is 4. The summed E-state index contributed by atoms with van der Waals surface area (Å²) in [6.07, 6.45) is 8.57. The van der Waals surface area contributed by atoms with Crippen LogP contribution in [0.25, 0.3) is 22.4 Å². The zero-order chi connectivity index (χ0) is 22.6. The summed E-state index contributed by atoms with van der Waals surface area (Å²) in [5.41, 5.74) is 3.86. The zero-order valence-corrected chi connectivity index (χ0v) is 18.4. The molecule has 1 aliphatic carbocycles. The van der Waals surface area contributed by atoms with Crippen LogP contribution in [0.15, 0.2) is 41.6 Å². The molecule has 0 bridgehead atoms. The van der Waals surface area contributed by atoms with E-state index in [1.54, 1.807) is 7.11 Å². The second-order valence-corrected chi connectivity index (χ2v) is 8.78. The number of aromatic nitrogens is 3. The van der Waals surface area contributed by atoms with Gasteiger partial charge in [-0.25, -0.2) is 4.79 Å². The van der Waals surface area contributed by atoms with Crippen molar-refractivity contribution in [3.8, 4) is 28.1 Å². The predicted octanol–water partition coefficient (Wildman–Crippen LogP) is 3.67. The molecule has 166 valence electrons. The average Bonchev–Trinajstić information content (AvgIpc) is 3.21. The molecule has 0 atom stereocenters. The van der Waals surface area contributed by atoms with Gasteiger partial charge < -0.3 is 14.9 Å². The van der Waals surface area contributed by atoms with Crippen LogP contribution in [-0.2, 0) is 6.54 Å². The second kappa shape index (κ2) is 7.55. The molecule has 0 saturated heterocycles. The van der Waals surface area contributed by atoms with Crippen LogP contribution in [0, 0.1) is 0 Å². The molecule has 32 heavy (non-hydrogen) atoms. The monoisotopic (exact) mass is 434 g/mol. The molecule has 0 spiro atoms. The Labute approximate surface area is 185 Å². The minimum absolute atomic E-state index is 0.216. The SMILES string of the molecule is COc1cc2c(cc1-c1cnn(C(C)C)c1)CN(C1CCC1)n1cc(C(=O)O)c(=O)cc1-2. The molecule has 1 N–H and O–H groups in total. The van der Waals surface area contributed by atoms with Crippen LogP contribution in [0.2, 0.25) is 0 Å². The van der Waals surface area contributed by atoms with Crippen molar-refractivity contribution in [2.45, 2.75) is 51.7 Å². The Kier molecular flexibility index (Phi) is 4.80. The van der Waals surface area contributed by atoms with Gasteiger partial charge in [-0.2, -0.15) is 5.10 Å². The number of carboxylic acid groups (broad SMARTS) is 1. The van der Waals surface area contributed by atoms with Crippen molar-refractivity contribution in [1.82, 2.24) is 14.5 Å². The van der Waals surface area contributed by atoms with Gasteiger partial charge in [-0.15, -0.1) is 0 Å². The third-order valence-electron chi connectivity index (χ3n) is 6.51. The lowest BCUT2D eigenvalue weighted by Crippen LogP contribution is -2.49. The number of rotatable bonds is 5. The van der Waals surface area contributed by atoms with Gasteiger partial charge in [-0.05, 0) is 50.8 Å². The van der Waals surface area contributed by atoms with Crippen molar-refractivity contribution in [2.24, 2.45) is 0 Å². The van der Waals surface area contributed by atoms with Gasteiger partial charge >= 0.3 is 5.97 Å². The number of pyridine rings is 1. The molecule has 8 heteroatoms. The summed E-state index contributed by atoms with van der Waals surface area (Å²) in [5, 5.41) is 16.1. The van der Waals surface area contributed by atoms with E-state index in [1.165, 1.54) is 12.3 Å². The third-order valence-corrected chi connectivity index (χ3v) is 6.51. The Morgan fingerprint density at radius 1 is 1.19 bits per heavy atom. The number of hydrogen-bond donors (Lipinski definition) is 1. The molecule has 3 heterocycles. The maximum Gasteiger partial charge on any atom is 0.341 e. The first-order valence-corrected chi connectivity index (χ1v) is 10.9. The summed E-state index contributed by atoms with van der Waals surface area (Å²) in [6, 6.07) is 6.06. The van der Waals surface area contributed by atoms with E-state index in [0.717, 1.165) is 41.5 Å². The Hall–Kier alpha value is -3.55. The molecular weight excluding hydrogens is 408 g/mol. The molecule has 1 aromatic carbocycles. The highest BCUT2D eigenvalue weighted by Crippen LogP contribution is 2.41. The predicted molar refractivity (Wildman–Crippen MR) is 121 cm³/mol. The maximum atomic E-state index is 12.6. The van der Waals surface area contributed by atoms with Crippen molar-refractivity contribution in [2.75, 3.05) is 12.1 Å². The summed E-state index contributed by atoms with van der Waals surface area (Å²) < 4.78 is 9.49. The van der Waals surface area contributed by atoms with E-state index < -0.39 is 11.4 Å². The zero-order valence-electron chi connectivity index (χ0n) is 18.4. The molecule has 1 fully saturated rings. The Morgan fingerprint density at radius 3 is 2.56 bits per heavy atom. The van der Waals surface area contributed by atoms with E-state index in [2.05, 4.69) is 30.0 Å². The van der Waals surface area contributed by atoms with Gasteiger partial charge in [-0.3, -0.25) is 14.2 Å². The van der Waals surface area contributed by atoms with Gasteiger partial charge in [0.25, 0.3) is 0 Å². The molecule has 5 rings (SSSR count). The van der Waals surface area contributed by atoms with Gasteiger partial charge in [0, 0.05) is 47.2 Å². The van der Waals surface area contributed by atoms with Gasteiger partial charge in [0.1, 0.15) is 11.3 Å². The molecule has 0 amide bonds. The fourth-order valence-electron chi connectivity index (χ4n) is 4.49. The molecule has 0 unspecified atom stereocenters. The minimum Gasteiger partial charge on any atom is -0.496 e. The summed E-state index contributed by atoms with van der Waals surface area (Å²) in [4.78, 5) is 24.2. The van der Waals surface area contributed by atoms with Crippen molar-refractivity contribution in [3.63, 3.8) is 0 Å². The van der Waals surface area contributed by atoms with Crippen molar-refractivity contribution >= 4 is 5.97 Å². The Balaban J connectivity index is 1.69. The van der Waals surface area contributed by atoms with Crippen LogP contribution in [0.5, 0.6) is 5.75 Å². The number of hydrogen-bond acceptors (Lipinski definition) is 5. The van der Waals surface area contributed by atoms with Crippen LogP contribution in [0.1, 0.15) is 55.1 Å². The largest absolute Gasteiger partial charge is 0.496 e. The first-order chi connectivity index (χ1) is 15.4. The number of benzene rings is 1. The number of carbonyl (C=O) groups is 1. The molecule has 0 radical (unpaired) electrons. The van der Waals surface area contributed by atoms with Crippen LogP contribution in [0.3, 0.4) is 0 Å². The molecule has 3 aromatic rings. The number of aromatic carboxylic acids is 1. The summed E-state index contributed by atoms with van der Waals surface area (Å²) in [6.45, 7) is 4.79. The van der Waals surface area contributed by atoms with E-state index in [-0.39, 0.29) is 11.6 Å². The smallest absolute Gasteiger partial charge is 0.341 e. The van der Waals surface area contributed by atoms with Crippen LogP contribution in [0.4, 0.5) is 0 Å². The number of fused-ring (bicyclic) bond motifs is 3. The highest BCUT2D eigenvalue weighted by molar-refractivity contribution is 5.88. The van der Waals surface area contributed by atoms with Crippen molar-refractivity contribution < 1.29 is 14.6 Å². The normalized spacial score (nSPS) is 15.3. The summed E-state index contributed by atoms with van der Waals surface area (Å²) >= 11 is 0. The molecule has 8 nitrogen and oxygen atoms in total. The number of carboxylic acids is 1. The van der Waals surface area contributed by atoms with E-state index in [1.807, 2.05) is 27.8 Å². The lowest BCUT2D eigenvalue weighted by atomic mass is 9.90. The van der Waals surface area contributed by atoms with E-state index in [9.17, 15) is 14.7 Å². The van der Waals surface area contributed by atoms with Crippen molar-refractivity contribution in [1.29, 1.82) is 0 Å². The highest BCUT2D eigenvalue weighted by Gasteiger charge is 2.32. The fourth-order valence-corrected chi connectivity index (χ4v) is 4.49. The number of ether oxygens (including phenoxy) is 1. The lowest BCUT2D eigenvalue weighted by molar-refractivity contribution is 0.0694. The lowest BCUT2D eigenvalue weighted by Gasteiger charge is -2.44. The average molecular weight is 434 g/mol. The van der Waals surface area contributed by atoms with Gasteiger partial charge in [0.05, 0.1) is 25.5 Å². The van der Waals surface area contributed by atoms with Crippen molar-refractivity contribution in [3.05, 3.63) is 58.1 Å². The first-order valence-electron chi connectivity index (χ1n) is 10.9. The van der Waals surface area contributed by atoms with Crippen LogP contribution in [-0.4, -0.2) is 38.7 Å². The Morgan fingerprint density at radius 2 is 1.97 bits per heavy atom. The third kappa shape index (κ3) is 3.18. The van der Waals surface area contributed by atoms with Crippen LogP contribution >= 0.6 is 0 Å². The van der Waals surface area contributed by atoms with Crippen LogP contribution < -0.4 is 15.2 Å². The van der Waals surface area contributed by atoms with E-state index in [4.69, 9.17) is 4.74 Å². The summed E-state index contributed by atoms with van der Waals surface area (Å²) in [7, 11) is 1.63. The molecule has 1 saturated carbocycles. The van der Waals surface area contributed by atoms with E-state index in [0.29, 0.717) is 24.0 Å². The fraction of sp³-hybridized carbons (Fsp3) is 0.375. The molecular formula is C24H26N4O4. The number of methoxy groups -OCH3 is 1. The molecule has 2 aromatic heterocycles. The van der Waals surface area contributed by atoms with E-state index >= 15 is 0 Å². The quantitative estimate of drug-likeness (QED) is 0.659. The standard InChI is InChI=1S/C24H26N4O4/c1-14(2)26-11-16(10-25-26)19-7-15-12-27(17-5-4-6-17)28-13-20(24(30)31)22(29)9-21(28)18(15)8-23(19)32-3/h7-11,13-14,17H,4-6,12H2,1-3H3,(H,30,31). The summed E-state index contributed by atoms with van der Waals surface area (Å²) in [5.74, 6) is -0.523. The molecule has 2 aliphatic rings. The highest BCUT2D eigenvalue weighted by atomic mass is 16.5.